The first-order valence-corrected chi connectivity index (χ1v) is 9.53. The van der Waals surface area contributed by atoms with E-state index in [2.05, 4.69) is 11.4 Å². The Kier molecular flexibility index (Phi) is 4.94. The van der Waals surface area contributed by atoms with E-state index in [1.165, 1.54) is 0 Å². The van der Waals surface area contributed by atoms with Gasteiger partial charge >= 0.3 is 0 Å². The number of ether oxygens (including phenoxy) is 2. The second kappa shape index (κ2) is 7.54. The number of fused-ring (bicyclic) bond motifs is 1. The number of anilines is 1. The Balaban J connectivity index is 1.45. The third kappa shape index (κ3) is 3.54. The summed E-state index contributed by atoms with van der Waals surface area (Å²) < 4.78 is 10.9. The van der Waals surface area contributed by atoms with Crippen molar-refractivity contribution in [3.05, 3.63) is 53.6 Å². The van der Waals surface area contributed by atoms with Gasteiger partial charge in [0.1, 0.15) is 11.5 Å². The summed E-state index contributed by atoms with van der Waals surface area (Å²) in [6.45, 7) is 2.99. The Morgan fingerprint density at radius 3 is 2.75 bits per heavy atom. The van der Waals surface area contributed by atoms with Crippen LogP contribution in [-0.4, -0.2) is 32.1 Å². The third-order valence-electron chi connectivity index (χ3n) is 5.40. The number of hydrogen-bond donors (Lipinski definition) is 1. The fraction of sp³-hybridized carbons (Fsp3) is 0.364. The molecule has 2 aromatic carbocycles. The van der Waals surface area contributed by atoms with Gasteiger partial charge in [-0.3, -0.25) is 9.59 Å². The molecule has 1 saturated heterocycles. The Labute approximate surface area is 164 Å². The molecular weight excluding hydrogens is 356 g/mol. The van der Waals surface area contributed by atoms with Crippen LogP contribution in [0.5, 0.6) is 11.5 Å². The Bertz CT molecular complexity index is 894. The van der Waals surface area contributed by atoms with Gasteiger partial charge in [0.2, 0.25) is 11.8 Å². The fourth-order valence-corrected chi connectivity index (χ4v) is 3.85. The van der Waals surface area contributed by atoms with Crippen molar-refractivity contribution >= 4 is 17.5 Å². The number of nitrogens with one attached hydrogen (secondary N) is 1. The van der Waals surface area contributed by atoms with Crippen LogP contribution < -0.4 is 19.7 Å². The number of carbonyl (C=O) groups is 2. The number of carbonyl (C=O) groups excluding carboxylic acids is 2. The molecular formula is C22H24N2O4. The quantitative estimate of drug-likeness (QED) is 0.885. The van der Waals surface area contributed by atoms with E-state index in [1.54, 1.807) is 12.0 Å². The standard InChI is InChI=1S/C22H24N2O4/c1-14-3-8-20-18(11-14)19(9-10-28-20)23-22(26)15-12-21(25)24(13-15)16-4-6-17(27-2)7-5-16/h3-8,11,15,19H,9-10,12-13H2,1-2H3,(H,23,26). The molecule has 1 N–H and O–H groups in total. The molecule has 6 heteroatoms. The first-order valence-electron chi connectivity index (χ1n) is 9.53. The summed E-state index contributed by atoms with van der Waals surface area (Å²) in [4.78, 5) is 27.0. The normalized spacial score (nSPS) is 21.1. The Hall–Kier alpha value is -3.02. The summed E-state index contributed by atoms with van der Waals surface area (Å²) >= 11 is 0. The average molecular weight is 380 g/mol. The number of nitrogens with zero attached hydrogens (tertiary/aromatic N) is 1. The van der Waals surface area contributed by atoms with Crippen molar-refractivity contribution in [2.24, 2.45) is 5.92 Å². The lowest BCUT2D eigenvalue weighted by Gasteiger charge is -2.28. The highest BCUT2D eigenvalue weighted by atomic mass is 16.5. The summed E-state index contributed by atoms with van der Waals surface area (Å²) in [5.41, 5.74) is 2.93. The van der Waals surface area contributed by atoms with Gasteiger partial charge in [-0.15, -0.1) is 0 Å². The van der Waals surface area contributed by atoms with Crippen LogP contribution in [-0.2, 0) is 9.59 Å². The van der Waals surface area contributed by atoms with Crippen LogP contribution in [0, 0.1) is 12.8 Å². The molecule has 2 aliphatic rings. The van der Waals surface area contributed by atoms with E-state index in [9.17, 15) is 9.59 Å². The molecule has 28 heavy (non-hydrogen) atoms. The zero-order valence-corrected chi connectivity index (χ0v) is 16.1. The van der Waals surface area contributed by atoms with Crippen molar-refractivity contribution in [2.45, 2.75) is 25.8 Å². The lowest BCUT2D eigenvalue weighted by molar-refractivity contribution is -0.127. The van der Waals surface area contributed by atoms with E-state index in [4.69, 9.17) is 9.47 Å². The molecule has 0 aliphatic carbocycles. The van der Waals surface area contributed by atoms with Crippen molar-refractivity contribution in [1.82, 2.24) is 5.32 Å². The predicted molar refractivity (Wildman–Crippen MR) is 106 cm³/mol. The minimum atomic E-state index is -0.356. The second-order valence-electron chi connectivity index (χ2n) is 7.34. The fourth-order valence-electron chi connectivity index (χ4n) is 3.85. The molecule has 0 saturated carbocycles. The highest BCUT2D eigenvalue weighted by Gasteiger charge is 2.36. The zero-order chi connectivity index (χ0) is 19.7. The SMILES string of the molecule is COc1ccc(N2CC(C(=O)NC3CCOc4ccc(C)cc43)CC2=O)cc1. The number of methoxy groups -OCH3 is 1. The summed E-state index contributed by atoms with van der Waals surface area (Å²) in [6, 6.07) is 13.3. The molecule has 1 fully saturated rings. The van der Waals surface area contributed by atoms with Gasteiger partial charge in [-0.1, -0.05) is 17.7 Å². The molecule has 0 bridgehead atoms. The number of rotatable bonds is 4. The van der Waals surface area contributed by atoms with Crippen molar-refractivity contribution < 1.29 is 19.1 Å². The molecule has 2 unspecified atom stereocenters. The summed E-state index contributed by atoms with van der Waals surface area (Å²) in [7, 11) is 1.60. The minimum absolute atomic E-state index is 0.0338. The molecule has 2 aliphatic heterocycles. The summed E-state index contributed by atoms with van der Waals surface area (Å²) in [5, 5.41) is 3.14. The van der Waals surface area contributed by atoms with Crippen LogP contribution in [0.3, 0.4) is 0 Å². The molecule has 6 nitrogen and oxygen atoms in total. The molecule has 0 spiro atoms. The molecule has 2 atom stereocenters. The Morgan fingerprint density at radius 2 is 2.00 bits per heavy atom. The minimum Gasteiger partial charge on any atom is -0.497 e. The van der Waals surface area contributed by atoms with Gasteiger partial charge in [0.15, 0.2) is 0 Å². The monoisotopic (exact) mass is 380 g/mol. The molecule has 146 valence electrons. The van der Waals surface area contributed by atoms with E-state index in [0.717, 1.165) is 34.7 Å². The van der Waals surface area contributed by atoms with E-state index in [-0.39, 0.29) is 30.2 Å². The van der Waals surface area contributed by atoms with Crippen molar-refractivity contribution in [1.29, 1.82) is 0 Å². The van der Waals surface area contributed by atoms with Gasteiger partial charge in [0.25, 0.3) is 0 Å². The highest BCUT2D eigenvalue weighted by Crippen LogP contribution is 2.33. The van der Waals surface area contributed by atoms with Crippen LogP contribution in [0.4, 0.5) is 5.69 Å². The Morgan fingerprint density at radius 1 is 1.21 bits per heavy atom. The van der Waals surface area contributed by atoms with E-state index < -0.39 is 0 Å². The van der Waals surface area contributed by atoms with Gasteiger partial charge in [0.05, 0.1) is 25.7 Å². The lowest BCUT2D eigenvalue weighted by atomic mass is 9.97. The van der Waals surface area contributed by atoms with Gasteiger partial charge in [-0.25, -0.2) is 0 Å². The molecule has 0 radical (unpaired) electrons. The van der Waals surface area contributed by atoms with Gasteiger partial charge in [-0.2, -0.15) is 0 Å². The van der Waals surface area contributed by atoms with Crippen molar-refractivity contribution in [2.75, 3.05) is 25.2 Å². The largest absolute Gasteiger partial charge is 0.497 e. The van der Waals surface area contributed by atoms with Crippen LogP contribution in [0.25, 0.3) is 0 Å². The number of amides is 2. The molecule has 4 rings (SSSR count). The molecule has 2 aromatic rings. The number of benzene rings is 2. The average Bonchev–Trinajstić information content (AvgIpc) is 3.10. The van der Waals surface area contributed by atoms with Gasteiger partial charge in [0, 0.05) is 30.6 Å². The lowest BCUT2D eigenvalue weighted by Crippen LogP contribution is -2.37. The molecule has 0 aromatic heterocycles. The first-order chi connectivity index (χ1) is 13.5. The van der Waals surface area contributed by atoms with Crippen LogP contribution in [0.1, 0.15) is 30.0 Å². The smallest absolute Gasteiger partial charge is 0.227 e. The number of aryl methyl sites for hydroxylation is 1. The maximum atomic E-state index is 12.9. The van der Waals surface area contributed by atoms with Crippen LogP contribution in [0.2, 0.25) is 0 Å². The highest BCUT2D eigenvalue weighted by molar-refractivity contribution is 6.00. The summed E-state index contributed by atoms with van der Waals surface area (Å²) in [6.07, 6.45) is 0.951. The van der Waals surface area contributed by atoms with E-state index in [0.29, 0.717) is 13.2 Å². The second-order valence-corrected chi connectivity index (χ2v) is 7.34. The van der Waals surface area contributed by atoms with Crippen molar-refractivity contribution in [3.63, 3.8) is 0 Å². The van der Waals surface area contributed by atoms with E-state index >= 15 is 0 Å². The zero-order valence-electron chi connectivity index (χ0n) is 16.1. The van der Waals surface area contributed by atoms with Crippen molar-refractivity contribution in [3.8, 4) is 11.5 Å². The van der Waals surface area contributed by atoms with Gasteiger partial charge in [-0.05, 0) is 37.3 Å². The van der Waals surface area contributed by atoms with Gasteiger partial charge < -0.3 is 19.7 Å². The summed E-state index contributed by atoms with van der Waals surface area (Å²) in [5.74, 6) is 1.09. The molecule has 2 amide bonds. The molecule has 2 heterocycles. The topological polar surface area (TPSA) is 67.9 Å². The predicted octanol–water partition coefficient (Wildman–Crippen LogP) is 3.00. The maximum absolute atomic E-state index is 12.9. The first kappa shape index (κ1) is 18.3. The third-order valence-corrected chi connectivity index (χ3v) is 5.40. The van der Waals surface area contributed by atoms with Crippen LogP contribution in [0.15, 0.2) is 42.5 Å². The van der Waals surface area contributed by atoms with E-state index in [1.807, 2.05) is 43.3 Å². The number of hydrogen-bond acceptors (Lipinski definition) is 4. The maximum Gasteiger partial charge on any atom is 0.227 e. The van der Waals surface area contributed by atoms with Crippen LogP contribution >= 0.6 is 0 Å².